The van der Waals surface area contributed by atoms with Gasteiger partial charge in [0.25, 0.3) is 0 Å². The van der Waals surface area contributed by atoms with Gasteiger partial charge in [-0.25, -0.2) is 10.1 Å². The Morgan fingerprint density at radius 2 is 1.63 bits per heavy atom. The third-order valence-electron chi connectivity index (χ3n) is 8.75. The molecule has 4 nitrogen and oxygen atoms in total. The summed E-state index contributed by atoms with van der Waals surface area (Å²) in [6.07, 6.45) is 10.4. The zero-order chi connectivity index (χ0) is 18.2. The second kappa shape index (κ2) is 5.71. The van der Waals surface area contributed by atoms with E-state index >= 15 is 0 Å². The van der Waals surface area contributed by atoms with E-state index in [9.17, 15) is 10.4 Å². The molecule has 6 aliphatic rings. The van der Waals surface area contributed by atoms with Crippen molar-refractivity contribution in [2.45, 2.75) is 75.1 Å². The maximum atomic E-state index is 10.1. The fourth-order valence-corrected chi connectivity index (χ4v) is 7.62. The summed E-state index contributed by atoms with van der Waals surface area (Å²) in [7, 11) is 0. The van der Waals surface area contributed by atoms with Crippen LogP contribution >= 0.6 is 0 Å². The third-order valence-corrected chi connectivity index (χ3v) is 8.75. The van der Waals surface area contributed by atoms with E-state index < -0.39 is 5.79 Å². The van der Waals surface area contributed by atoms with Crippen LogP contribution in [-0.4, -0.2) is 21.8 Å². The number of ether oxygens (including phenoxy) is 1. The summed E-state index contributed by atoms with van der Waals surface area (Å²) in [6.45, 7) is 0. The molecule has 0 heterocycles. The number of hydrogen-bond acceptors (Lipinski definition) is 4. The largest absolute Gasteiger partial charge is 0.508 e. The molecule has 0 radical (unpaired) electrons. The van der Waals surface area contributed by atoms with Gasteiger partial charge in [0.1, 0.15) is 5.75 Å². The normalized spacial score (nSPS) is 49.8. The minimum atomic E-state index is -0.761. The minimum absolute atomic E-state index is 0.132. The van der Waals surface area contributed by atoms with E-state index in [1.54, 1.807) is 6.07 Å². The second-order valence-corrected chi connectivity index (χ2v) is 10.3. The van der Waals surface area contributed by atoms with E-state index in [2.05, 4.69) is 6.07 Å². The van der Waals surface area contributed by atoms with Crippen LogP contribution in [0, 0.1) is 29.6 Å². The summed E-state index contributed by atoms with van der Waals surface area (Å²) in [4.78, 5) is 5.31. The van der Waals surface area contributed by atoms with Crippen LogP contribution < -0.4 is 0 Å². The smallest absolute Gasteiger partial charge is 0.207 e. The summed E-state index contributed by atoms with van der Waals surface area (Å²) >= 11 is 0. The van der Waals surface area contributed by atoms with E-state index in [1.165, 1.54) is 18.4 Å². The molecule has 0 aromatic heterocycles. The van der Waals surface area contributed by atoms with Gasteiger partial charge in [-0.2, -0.15) is 0 Å². The van der Waals surface area contributed by atoms with Crippen LogP contribution in [0.2, 0.25) is 0 Å². The first-order valence-corrected chi connectivity index (χ1v) is 10.9. The summed E-state index contributed by atoms with van der Waals surface area (Å²) in [5, 5.41) is 20.0. The molecule has 6 aliphatic carbocycles. The zero-order valence-corrected chi connectivity index (χ0v) is 15.8. The number of benzene rings is 1. The maximum absolute atomic E-state index is 10.1. The zero-order valence-electron chi connectivity index (χ0n) is 15.8. The molecule has 0 aliphatic heterocycles. The molecule has 4 heteroatoms. The van der Waals surface area contributed by atoms with Gasteiger partial charge in [-0.1, -0.05) is 12.1 Å². The van der Waals surface area contributed by atoms with Crippen LogP contribution in [0.3, 0.4) is 0 Å². The second-order valence-electron chi connectivity index (χ2n) is 10.3. The lowest BCUT2D eigenvalue weighted by Gasteiger charge is -2.59. The van der Waals surface area contributed by atoms with Crippen LogP contribution in [0.4, 0.5) is 0 Å². The fourth-order valence-electron chi connectivity index (χ4n) is 7.62. The average molecular weight is 370 g/mol. The Labute approximate surface area is 160 Å². The standard InChI is InChI=1S/C23H30O4/c24-21-3-1-2-16(11-21)17-4-5-18-13-22(18,12-17)26-23(27-25)19-7-14-6-15(9-19)10-20(23)8-14/h1-3,11,14-15,17-20,24-25H,4-10,12-13H2/t14?,15?,17?,18?,19?,20?,22-,23?/m0/s1. The first-order chi connectivity index (χ1) is 13.1. The van der Waals surface area contributed by atoms with Crippen LogP contribution in [0.1, 0.15) is 69.3 Å². The first kappa shape index (κ1) is 16.8. The lowest BCUT2D eigenvalue weighted by Crippen LogP contribution is -2.62. The molecule has 2 unspecified atom stereocenters. The fraction of sp³-hybridized carbons (Fsp3) is 0.739. The van der Waals surface area contributed by atoms with E-state index in [4.69, 9.17) is 9.62 Å². The van der Waals surface area contributed by atoms with E-state index in [0.717, 1.165) is 56.8 Å². The molecule has 6 fully saturated rings. The van der Waals surface area contributed by atoms with Gasteiger partial charge in [-0.15, -0.1) is 0 Å². The Balaban J connectivity index is 1.27. The number of rotatable bonds is 4. The number of aromatic hydroxyl groups is 1. The van der Waals surface area contributed by atoms with Crippen LogP contribution in [0.25, 0.3) is 0 Å². The molecule has 27 heavy (non-hydrogen) atoms. The molecule has 4 bridgehead atoms. The highest BCUT2D eigenvalue weighted by Gasteiger charge is 2.67. The highest BCUT2D eigenvalue weighted by atomic mass is 17.1. The summed E-state index contributed by atoms with van der Waals surface area (Å²) < 4.78 is 6.91. The number of phenols is 1. The monoisotopic (exact) mass is 370 g/mol. The molecule has 6 saturated carbocycles. The number of hydrogen-bond donors (Lipinski definition) is 2. The van der Waals surface area contributed by atoms with Crippen molar-refractivity contribution >= 4 is 0 Å². The molecule has 1 aromatic rings. The van der Waals surface area contributed by atoms with Crippen LogP contribution in [0.15, 0.2) is 24.3 Å². The predicted octanol–water partition coefficient (Wildman–Crippen LogP) is 5.08. The molecule has 0 spiro atoms. The van der Waals surface area contributed by atoms with Crippen molar-refractivity contribution in [3.63, 3.8) is 0 Å². The first-order valence-electron chi connectivity index (χ1n) is 10.9. The summed E-state index contributed by atoms with van der Waals surface area (Å²) in [5.41, 5.74) is 1.08. The molecule has 3 atom stereocenters. The van der Waals surface area contributed by atoms with Crippen molar-refractivity contribution in [2.75, 3.05) is 0 Å². The average Bonchev–Trinajstić information content (AvgIpc) is 3.37. The molecule has 0 amide bonds. The minimum Gasteiger partial charge on any atom is -0.508 e. The molecule has 1 aromatic carbocycles. The van der Waals surface area contributed by atoms with Gasteiger partial charge in [-0.3, -0.25) is 0 Å². The Morgan fingerprint density at radius 1 is 0.889 bits per heavy atom. The van der Waals surface area contributed by atoms with Gasteiger partial charge in [0.2, 0.25) is 5.79 Å². The van der Waals surface area contributed by atoms with Gasteiger partial charge < -0.3 is 9.84 Å². The summed E-state index contributed by atoms with van der Waals surface area (Å²) in [6, 6.07) is 7.71. The number of fused-ring (bicyclic) bond motifs is 1. The Kier molecular flexibility index (Phi) is 3.56. The van der Waals surface area contributed by atoms with Crippen LogP contribution in [0.5, 0.6) is 5.75 Å². The molecular weight excluding hydrogens is 340 g/mol. The van der Waals surface area contributed by atoms with Crippen molar-refractivity contribution in [2.24, 2.45) is 29.6 Å². The lowest BCUT2D eigenvalue weighted by molar-refractivity contribution is -0.470. The quantitative estimate of drug-likeness (QED) is 0.441. The Morgan fingerprint density at radius 3 is 2.30 bits per heavy atom. The maximum Gasteiger partial charge on any atom is 0.207 e. The molecule has 0 saturated heterocycles. The van der Waals surface area contributed by atoms with Gasteiger partial charge in [-0.05, 0) is 99.2 Å². The highest BCUT2D eigenvalue weighted by molar-refractivity contribution is 5.31. The van der Waals surface area contributed by atoms with Gasteiger partial charge in [0.15, 0.2) is 0 Å². The lowest BCUT2D eigenvalue weighted by atomic mass is 9.53. The number of phenolic OH excluding ortho intramolecular Hbond substituents is 1. The Hall–Kier alpha value is -1.10. The highest BCUT2D eigenvalue weighted by Crippen LogP contribution is 2.66. The van der Waals surface area contributed by atoms with E-state index in [-0.39, 0.29) is 5.60 Å². The molecule has 2 N–H and O–H groups in total. The van der Waals surface area contributed by atoms with Crippen molar-refractivity contribution in [1.82, 2.24) is 0 Å². The van der Waals surface area contributed by atoms with E-state index in [1.807, 2.05) is 12.1 Å². The summed E-state index contributed by atoms with van der Waals surface area (Å²) in [5.74, 6) is 2.96. The van der Waals surface area contributed by atoms with Crippen molar-refractivity contribution < 1.29 is 20.0 Å². The topological polar surface area (TPSA) is 58.9 Å². The molecular formula is C23H30O4. The molecule has 146 valence electrons. The SMILES string of the molecule is OOC1(O[C@]23CC(c4cccc(O)c4)CCC2C3)C2CC3CC(C2)CC1C3. The predicted molar refractivity (Wildman–Crippen MR) is 100 cm³/mol. The molecule has 7 rings (SSSR count). The van der Waals surface area contributed by atoms with Gasteiger partial charge >= 0.3 is 0 Å². The third kappa shape index (κ3) is 2.46. The van der Waals surface area contributed by atoms with Gasteiger partial charge in [0.05, 0.1) is 5.60 Å². The van der Waals surface area contributed by atoms with Crippen molar-refractivity contribution in [3.05, 3.63) is 29.8 Å². The van der Waals surface area contributed by atoms with Crippen molar-refractivity contribution in [3.8, 4) is 5.75 Å². The van der Waals surface area contributed by atoms with Crippen LogP contribution in [-0.2, 0) is 9.62 Å². The Bertz CT molecular complexity index is 718. The van der Waals surface area contributed by atoms with E-state index in [0.29, 0.717) is 29.4 Å². The van der Waals surface area contributed by atoms with Gasteiger partial charge in [0, 0.05) is 11.8 Å². The van der Waals surface area contributed by atoms with Crippen molar-refractivity contribution in [1.29, 1.82) is 0 Å².